The smallest absolute Gasteiger partial charge is 0.252 e. The molecule has 2 unspecified atom stereocenters. The van der Waals surface area contributed by atoms with E-state index in [4.69, 9.17) is 0 Å². The maximum absolute atomic E-state index is 12.6. The summed E-state index contributed by atoms with van der Waals surface area (Å²) >= 11 is 1.39. The van der Waals surface area contributed by atoms with E-state index in [2.05, 4.69) is 26.1 Å². The number of hydrogen-bond acceptors (Lipinski definition) is 4. The second kappa shape index (κ2) is 6.56. The highest BCUT2D eigenvalue weighted by molar-refractivity contribution is 7.91. The first-order valence-electron chi connectivity index (χ1n) is 7.24. The Bertz CT molecular complexity index is 529. The molecule has 20 heavy (non-hydrogen) atoms. The first kappa shape index (κ1) is 15.9. The topological polar surface area (TPSA) is 49.4 Å². The summed E-state index contributed by atoms with van der Waals surface area (Å²) in [4.78, 5) is 1.08. The summed E-state index contributed by atoms with van der Waals surface area (Å²) in [5.41, 5.74) is 0. The Morgan fingerprint density at radius 2 is 1.95 bits per heavy atom. The minimum Gasteiger partial charge on any atom is -0.312 e. The van der Waals surface area contributed by atoms with Gasteiger partial charge in [0.1, 0.15) is 4.21 Å². The van der Waals surface area contributed by atoms with E-state index in [0.717, 1.165) is 24.4 Å². The van der Waals surface area contributed by atoms with E-state index in [-0.39, 0.29) is 0 Å². The Morgan fingerprint density at radius 3 is 2.55 bits per heavy atom. The number of nitrogens with zero attached hydrogens (tertiary/aromatic N) is 1. The maximum Gasteiger partial charge on any atom is 0.252 e. The van der Waals surface area contributed by atoms with Gasteiger partial charge >= 0.3 is 0 Å². The first-order chi connectivity index (χ1) is 9.45. The number of sulfonamides is 1. The lowest BCUT2D eigenvalue weighted by Crippen LogP contribution is -2.28. The minimum absolute atomic E-state index is 0.440. The molecule has 1 aromatic heterocycles. The van der Waals surface area contributed by atoms with Crippen molar-refractivity contribution < 1.29 is 8.42 Å². The van der Waals surface area contributed by atoms with E-state index in [1.807, 2.05) is 6.07 Å². The predicted octanol–water partition coefficient (Wildman–Crippen LogP) is 2.52. The van der Waals surface area contributed by atoms with Gasteiger partial charge in [-0.3, -0.25) is 0 Å². The molecule has 0 spiro atoms. The van der Waals surface area contributed by atoms with Crippen molar-refractivity contribution >= 4 is 21.4 Å². The fourth-order valence-corrected chi connectivity index (χ4v) is 5.50. The average Bonchev–Trinajstić information content (AvgIpc) is 2.99. The fraction of sp³-hybridized carbons (Fsp3) is 0.714. The molecule has 0 aromatic carbocycles. The molecule has 114 valence electrons. The van der Waals surface area contributed by atoms with Crippen molar-refractivity contribution in [3.05, 3.63) is 17.0 Å². The van der Waals surface area contributed by atoms with Gasteiger partial charge in [-0.15, -0.1) is 11.3 Å². The summed E-state index contributed by atoms with van der Waals surface area (Å²) in [5.74, 6) is 0.880. The average molecular weight is 316 g/mol. The van der Waals surface area contributed by atoms with Crippen LogP contribution in [-0.2, 0) is 16.6 Å². The van der Waals surface area contributed by atoms with E-state index in [9.17, 15) is 8.42 Å². The zero-order valence-corrected chi connectivity index (χ0v) is 14.1. The van der Waals surface area contributed by atoms with Crippen LogP contribution in [0.25, 0.3) is 0 Å². The van der Waals surface area contributed by atoms with Gasteiger partial charge in [0, 0.05) is 24.5 Å². The van der Waals surface area contributed by atoms with Crippen LogP contribution in [0.1, 0.15) is 32.1 Å². The summed E-state index contributed by atoms with van der Waals surface area (Å²) in [5, 5.41) is 3.30. The Morgan fingerprint density at radius 1 is 1.30 bits per heavy atom. The highest BCUT2D eigenvalue weighted by Gasteiger charge is 2.35. The third-order valence-corrected chi connectivity index (χ3v) is 7.30. The van der Waals surface area contributed by atoms with Crippen LogP contribution >= 0.6 is 11.3 Å². The standard InChI is InChI=1S/C14H24N2O2S2/c1-4-7-15-8-13-5-6-14(19-13)20(17,18)16-9-11(2)12(3)10-16/h5-6,11-12,15H,4,7-10H2,1-3H3. The molecule has 1 aromatic rings. The summed E-state index contributed by atoms with van der Waals surface area (Å²) in [6.45, 7) is 9.36. The van der Waals surface area contributed by atoms with Gasteiger partial charge in [0.2, 0.25) is 0 Å². The van der Waals surface area contributed by atoms with Crippen LogP contribution in [0.15, 0.2) is 16.3 Å². The third-order valence-electron chi connectivity index (χ3n) is 3.91. The molecule has 4 nitrogen and oxygen atoms in total. The Hall–Kier alpha value is -0.430. The molecule has 0 saturated carbocycles. The SMILES string of the molecule is CCCNCc1ccc(S(=O)(=O)N2CC(C)C(C)C2)s1. The Balaban J connectivity index is 2.07. The molecule has 1 N–H and O–H groups in total. The van der Waals surface area contributed by atoms with Gasteiger partial charge in [-0.2, -0.15) is 4.31 Å². The van der Waals surface area contributed by atoms with Crippen molar-refractivity contribution in [3.63, 3.8) is 0 Å². The highest BCUT2D eigenvalue weighted by Crippen LogP contribution is 2.31. The maximum atomic E-state index is 12.6. The van der Waals surface area contributed by atoms with E-state index in [1.54, 1.807) is 10.4 Å². The van der Waals surface area contributed by atoms with Crippen LogP contribution in [-0.4, -0.2) is 32.4 Å². The van der Waals surface area contributed by atoms with Gasteiger partial charge in [-0.05, 0) is 36.9 Å². The summed E-state index contributed by atoms with van der Waals surface area (Å²) in [6, 6.07) is 3.67. The van der Waals surface area contributed by atoms with Gasteiger partial charge in [0.25, 0.3) is 10.0 Å². The molecular formula is C14H24N2O2S2. The van der Waals surface area contributed by atoms with Gasteiger partial charge in [-0.25, -0.2) is 8.42 Å². The van der Waals surface area contributed by atoms with E-state index in [1.165, 1.54) is 11.3 Å². The molecule has 2 heterocycles. The molecule has 0 aliphatic carbocycles. The third kappa shape index (κ3) is 3.42. The number of rotatable bonds is 6. The van der Waals surface area contributed by atoms with Gasteiger partial charge in [0.15, 0.2) is 0 Å². The molecule has 0 radical (unpaired) electrons. The van der Waals surface area contributed by atoms with Crippen molar-refractivity contribution in [2.24, 2.45) is 11.8 Å². The molecule has 1 saturated heterocycles. The molecular weight excluding hydrogens is 292 g/mol. The quantitative estimate of drug-likeness (QED) is 0.821. The summed E-state index contributed by atoms with van der Waals surface area (Å²) in [6.07, 6.45) is 1.08. The Labute approximate surface area is 126 Å². The normalized spacial score (nSPS) is 24.4. The van der Waals surface area contributed by atoms with Crippen molar-refractivity contribution in [1.82, 2.24) is 9.62 Å². The van der Waals surface area contributed by atoms with Crippen molar-refractivity contribution in [2.45, 2.75) is 37.9 Å². The number of thiophene rings is 1. The molecule has 2 atom stereocenters. The lowest BCUT2D eigenvalue weighted by Gasteiger charge is -2.14. The van der Waals surface area contributed by atoms with Crippen molar-refractivity contribution in [3.8, 4) is 0 Å². The van der Waals surface area contributed by atoms with Crippen molar-refractivity contribution in [2.75, 3.05) is 19.6 Å². The first-order valence-corrected chi connectivity index (χ1v) is 9.50. The monoisotopic (exact) mass is 316 g/mol. The van der Waals surface area contributed by atoms with E-state index in [0.29, 0.717) is 29.1 Å². The molecule has 2 rings (SSSR count). The summed E-state index contributed by atoms with van der Waals surface area (Å²) in [7, 11) is -3.29. The van der Waals surface area contributed by atoms with Crippen LogP contribution in [0.2, 0.25) is 0 Å². The van der Waals surface area contributed by atoms with Gasteiger partial charge in [0.05, 0.1) is 0 Å². The second-order valence-corrected chi connectivity index (χ2v) is 9.01. The predicted molar refractivity (Wildman–Crippen MR) is 83.4 cm³/mol. The molecule has 1 aliphatic heterocycles. The summed E-state index contributed by atoms with van der Waals surface area (Å²) < 4.78 is 27.3. The zero-order valence-electron chi connectivity index (χ0n) is 12.4. The minimum atomic E-state index is -3.29. The lowest BCUT2D eigenvalue weighted by atomic mass is 10.0. The fourth-order valence-electron chi connectivity index (χ4n) is 2.38. The Kier molecular flexibility index (Phi) is 5.23. The van der Waals surface area contributed by atoms with Crippen molar-refractivity contribution in [1.29, 1.82) is 0 Å². The second-order valence-electron chi connectivity index (χ2n) is 5.67. The van der Waals surface area contributed by atoms with Crippen LogP contribution in [0.4, 0.5) is 0 Å². The molecule has 0 bridgehead atoms. The molecule has 1 fully saturated rings. The van der Waals surface area contributed by atoms with Crippen LogP contribution in [0.3, 0.4) is 0 Å². The number of hydrogen-bond donors (Lipinski definition) is 1. The van der Waals surface area contributed by atoms with Gasteiger partial charge in [-0.1, -0.05) is 20.8 Å². The zero-order chi connectivity index (χ0) is 14.8. The van der Waals surface area contributed by atoms with Crippen LogP contribution in [0.5, 0.6) is 0 Å². The highest BCUT2D eigenvalue weighted by atomic mass is 32.2. The molecule has 1 aliphatic rings. The van der Waals surface area contributed by atoms with Crippen LogP contribution < -0.4 is 5.32 Å². The van der Waals surface area contributed by atoms with Gasteiger partial charge < -0.3 is 5.32 Å². The largest absolute Gasteiger partial charge is 0.312 e. The van der Waals surface area contributed by atoms with E-state index >= 15 is 0 Å². The van der Waals surface area contributed by atoms with E-state index < -0.39 is 10.0 Å². The van der Waals surface area contributed by atoms with Crippen LogP contribution in [0, 0.1) is 11.8 Å². The number of nitrogens with one attached hydrogen (secondary N) is 1. The lowest BCUT2D eigenvalue weighted by molar-refractivity contribution is 0.465. The molecule has 0 amide bonds. The molecule has 6 heteroatoms.